The summed E-state index contributed by atoms with van der Waals surface area (Å²) in [5.41, 5.74) is -1.09. The summed E-state index contributed by atoms with van der Waals surface area (Å²) in [4.78, 5) is 39.6. The summed E-state index contributed by atoms with van der Waals surface area (Å²) in [6, 6.07) is -0.643. The fourth-order valence-electron chi connectivity index (χ4n) is 1.71. The summed E-state index contributed by atoms with van der Waals surface area (Å²) < 4.78 is 36.2. The number of ether oxygens (including phenoxy) is 2. The Labute approximate surface area is 144 Å². The summed E-state index contributed by atoms with van der Waals surface area (Å²) in [5.74, 6) is -0.884. The van der Waals surface area contributed by atoms with Crippen molar-refractivity contribution in [1.82, 2.24) is 19.2 Å². The Morgan fingerprint density at radius 3 is 2.48 bits per heavy atom. The van der Waals surface area contributed by atoms with Crippen LogP contribution in [-0.4, -0.2) is 56.3 Å². The minimum absolute atomic E-state index is 0.198. The van der Waals surface area contributed by atoms with Crippen LogP contribution in [0.5, 0.6) is 6.01 Å². The van der Waals surface area contributed by atoms with Gasteiger partial charge in [-0.15, -0.1) is 21.1 Å². The van der Waals surface area contributed by atoms with Crippen LogP contribution >= 0.6 is 11.3 Å². The molecule has 136 valence electrons. The van der Waals surface area contributed by atoms with Gasteiger partial charge in [0, 0.05) is 0 Å². The van der Waals surface area contributed by atoms with Crippen molar-refractivity contribution < 1.29 is 32.3 Å². The Morgan fingerprint density at radius 2 is 1.96 bits per heavy atom. The Hall–Kier alpha value is -2.87. The molecular formula is C11H12N4O8S2. The van der Waals surface area contributed by atoms with Crippen LogP contribution in [0, 0.1) is 0 Å². The first-order valence-electron chi connectivity index (χ1n) is 6.30. The molecule has 2 aromatic rings. The van der Waals surface area contributed by atoms with Crippen LogP contribution in [0.2, 0.25) is 0 Å². The van der Waals surface area contributed by atoms with Crippen LogP contribution in [0.25, 0.3) is 0 Å². The smallest absolute Gasteiger partial charge is 0.391 e. The molecule has 0 aliphatic rings. The summed E-state index contributed by atoms with van der Waals surface area (Å²) in [6.45, 7) is 0. The lowest BCUT2D eigenvalue weighted by Crippen LogP contribution is -2.41. The monoisotopic (exact) mass is 392 g/mol. The number of hydrogen-bond donors (Lipinski definition) is 1. The Morgan fingerprint density at radius 1 is 1.28 bits per heavy atom. The van der Waals surface area contributed by atoms with Gasteiger partial charge in [0.1, 0.15) is 16.9 Å². The number of carbonyl (C=O) groups excluding carboxylic acids is 2. The molecule has 2 heterocycles. The predicted molar refractivity (Wildman–Crippen MR) is 82.3 cm³/mol. The molecule has 0 fully saturated rings. The van der Waals surface area contributed by atoms with E-state index >= 15 is 0 Å². The second kappa shape index (κ2) is 6.94. The number of nitrogens with one attached hydrogen (secondary N) is 1. The molecule has 0 unspecified atom stereocenters. The van der Waals surface area contributed by atoms with Gasteiger partial charge in [-0.3, -0.25) is 0 Å². The van der Waals surface area contributed by atoms with Crippen molar-refractivity contribution in [2.24, 2.45) is 0 Å². The average molecular weight is 392 g/mol. The lowest BCUT2D eigenvalue weighted by atomic mass is 10.5. The first kappa shape index (κ1) is 18.5. The molecule has 14 heteroatoms. The maximum absolute atomic E-state index is 12.3. The molecule has 2 aromatic heterocycles. The average Bonchev–Trinajstić information content (AvgIpc) is 3.18. The van der Waals surface area contributed by atoms with E-state index in [9.17, 15) is 22.8 Å². The second-order valence-corrected chi connectivity index (χ2v) is 6.74. The zero-order valence-corrected chi connectivity index (χ0v) is 14.7. The lowest BCUT2D eigenvalue weighted by molar-refractivity contribution is 0.0602. The fraction of sp³-hybridized carbons (Fsp3) is 0.273. The largest absolute Gasteiger partial charge is 0.465 e. The first-order valence-corrected chi connectivity index (χ1v) is 8.66. The van der Waals surface area contributed by atoms with Crippen LogP contribution < -0.4 is 20.0 Å². The van der Waals surface area contributed by atoms with Crippen molar-refractivity contribution in [3.05, 3.63) is 26.8 Å². The quantitative estimate of drug-likeness (QED) is 0.626. The van der Waals surface area contributed by atoms with Gasteiger partial charge in [-0.1, -0.05) is 4.73 Å². The van der Waals surface area contributed by atoms with Gasteiger partial charge < -0.3 is 14.3 Å². The highest BCUT2D eigenvalue weighted by Gasteiger charge is 2.29. The minimum Gasteiger partial charge on any atom is -0.465 e. The molecule has 0 atom stereocenters. The van der Waals surface area contributed by atoms with Crippen LogP contribution in [-0.2, 0) is 14.8 Å². The van der Waals surface area contributed by atoms with E-state index in [4.69, 9.17) is 4.74 Å². The van der Waals surface area contributed by atoms with Crippen molar-refractivity contribution in [3.8, 4) is 6.01 Å². The van der Waals surface area contributed by atoms with Gasteiger partial charge in [-0.05, 0) is 11.4 Å². The SMILES string of the molecule is COC(=O)c1sccc1S(=O)(=O)NC(=O)n1nc(OC)n(OC)c1=O. The molecule has 1 amide bonds. The number of amides is 1. The minimum atomic E-state index is -4.46. The highest BCUT2D eigenvalue weighted by atomic mass is 32.2. The van der Waals surface area contributed by atoms with E-state index in [1.807, 2.05) is 0 Å². The summed E-state index contributed by atoms with van der Waals surface area (Å²) in [6.07, 6.45) is 0. The number of thiophene rings is 1. The van der Waals surface area contributed by atoms with E-state index < -0.39 is 32.6 Å². The van der Waals surface area contributed by atoms with Crippen LogP contribution in [0.15, 0.2) is 21.1 Å². The van der Waals surface area contributed by atoms with Crippen molar-refractivity contribution in [2.45, 2.75) is 4.90 Å². The second-order valence-electron chi connectivity index (χ2n) is 4.17. The molecule has 0 saturated heterocycles. The number of rotatable bonds is 5. The number of carbonyl (C=O) groups is 2. The van der Waals surface area contributed by atoms with Gasteiger partial charge in [0.25, 0.3) is 10.0 Å². The summed E-state index contributed by atoms with van der Waals surface area (Å²) in [5, 5.41) is 4.83. The molecule has 0 saturated carbocycles. The normalized spacial score (nSPS) is 11.0. The maximum atomic E-state index is 12.3. The molecule has 2 rings (SSSR count). The molecule has 0 bridgehead atoms. The maximum Gasteiger partial charge on any atom is 0.391 e. The molecule has 0 spiro atoms. The van der Waals surface area contributed by atoms with E-state index in [0.717, 1.165) is 31.6 Å². The van der Waals surface area contributed by atoms with Crippen molar-refractivity contribution in [3.63, 3.8) is 0 Å². The lowest BCUT2D eigenvalue weighted by Gasteiger charge is -2.06. The summed E-state index contributed by atoms with van der Waals surface area (Å²) in [7, 11) is -1.09. The van der Waals surface area contributed by atoms with Gasteiger partial charge >= 0.3 is 23.7 Å². The van der Waals surface area contributed by atoms with E-state index in [0.29, 0.717) is 4.73 Å². The first-order chi connectivity index (χ1) is 11.8. The van der Waals surface area contributed by atoms with Crippen molar-refractivity contribution in [2.75, 3.05) is 21.3 Å². The topological polar surface area (TPSA) is 148 Å². The zero-order valence-electron chi connectivity index (χ0n) is 13.1. The molecule has 25 heavy (non-hydrogen) atoms. The Bertz CT molecular complexity index is 971. The van der Waals surface area contributed by atoms with Crippen LogP contribution in [0.3, 0.4) is 0 Å². The Kier molecular flexibility index (Phi) is 5.13. The molecule has 12 nitrogen and oxygen atoms in total. The molecule has 0 aliphatic carbocycles. The van der Waals surface area contributed by atoms with Gasteiger partial charge in [0.15, 0.2) is 0 Å². The highest BCUT2D eigenvalue weighted by Crippen LogP contribution is 2.22. The van der Waals surface area contributed by atoms with Gasteiger partial charge in [-0.2, -0.15) is 0 Å². The Balaban J connectivity index is 2.38. The standard InChI is InChI=1S/C11H12N4O8S2/c1-21-8(16)7-6(4-5-24-7)25(19,20)13-9(17)14-11(18)15(23-3)10(12-14)22-2/h4-5H,1-3H3,(H,13,17). The van der Waals surface area contributed by atoms with Gasteiger partial charge in [0.2, 0.25) is 0 Å². The van der Waals surface area contributed by atoms with Gasteiger partial charge in [0.05, 0.1) is 14.2 Å². The van der Waals surface area contributed by atoms with E-state index in [1.54, 1.807) is 4.72 Å². The zero-order chi connectivity index (χ0) is 18.8. The third kappa shape index (κ3) is 3.34. The highest BCUT2D eigenvalue weighted by molar-refractivity contribution is 7.90. The number of sulfonamides is 1. The van der Waals surface area contributed by atoms with Crippen LogP contribution in [0.4, 0.5) is 4.79 Å². The summed E-state index contributed by atoms with van der Waals surface area (Å²) >= 11 is 0.816. The predicted octanol–water partition coefficient (Wildman–Crippen LogP) is -1.09. The molecule has 0 radical (unpaired) electrons. The number of aromatic nitrogens is 3. The van der Waals surface area contributed by atoms with Crippen molar-refractivity contribution >= 4 is 33.4 Å². The number of methoxy groups -OCH3 is 2. The number of esters is 1. The molecule has 0 aromatic carbocycles. The van der Waals surface area contributed by atoms with Crippen molar-refractivity contribution in [1.29, 1.82) is 0 Å². The third-order valence-corrected chi connectivity index (χ3v) is 5.17. The van der Waals surface area contributed by atoms with E-state index in [2.05, 4.69) is 14.7 Å². The van der Waals surface area contributed by atoms with Crippen LogP contribution in [0.1, 0.15) is 9.67 Å². The molecule has 1 N–H and O–H groups in total. The third-order valence-electron chi connectivity index (χ3n) is 2.78. The molecule has 0 aliphatic heterocycles. The van der Waals surface area contributed by atoms with Gasteiger partial charge in [-0.25, -0.2) is 27.5 Å². The van der Waals surface area contributed by atoms with E-state index in [-0.39, 0.29) is 15.6 Å². The number of hydrogen-bond acceptors (Lipinski definition) is 10. The molecular weight excluding hydrogens is 380 g/mol. The fourth-order valence-corrected chi connectivity index (χ4v) is 3.98. The van der Waals surface area contributed by atoms with E-state index in [1.165, 1.54) is 12.5 Å². The number of nitrogens with zero attached hydrogens (tertiary/aromatic N) is 3.